The van der Waals surface area contributed by atoms with E-state index in [0.29, 0.717) is 11.5 Å². The number of aliphatic hydroxyl groups is 4. The summed E-state index contributed by atoms with van der Waals surface area (Å²) < 4.78 is 10.3. The second-order valence-corrected chi connectivity index (χ2v) is 4.90. The van der Waals surface area contributed by atoms with Gasteiger partial charge in [-0.1, -0.05) is 0 Å². The van der Waals surface area contributed by atoms with Crippen molar-refractivity contribution in [1.29, 1.82) is 0 Å². The first-order chi connectivity index (χ1) is 10.5. The van der Waals surface area contributed by atoms with Crippen molar-refractivity contribution in [3.05, 3.63) is 47.3 Å². The van der Waals surface area contributed by atoms with Crippen molar-refractivity contribution in [2.45, 2.75) is 38.3 Å². The van der Waals surface area contributed by atoms with E-state index < -0.39 is 12.2 Å². The van der Waals surface area contributed by atoms with Crippen LogP contribution < -0.4 is 0 Å². The molecule has 0 saturated heterocycles. The molecular formula is C15H18O7. The minimum atomic E-state index is -1.13. The number of Topliss-reactive ketones (excluding diaryl/α,β-unsaturated/α-hetero) is 1. The van der Waals surface area contributed by atoms with Crippen LogP contribution in [0.5, 0.6) is 0 Å². The molecule has 0 fully saturated rings. The van der Waals surface area contributed by atoms with Gasteiger partial charge in [-0.3, -0.25) is 4.79 Å². The van der Waals surface area contributed by atoms with Crippen molar-refractivity contribution >= 4 is 5.78 Å². The van der Waals surface area contributed by atoms with Crippen LogP contribution >= 0.6 is 0 Å². The first-order valence-corrected chi connectivity index (χ1v) is 6.80. The molecule has 2 rings (SSSR count). The normalized spacial score (nSPS) is 14.0. The van der Waals surface area contributed by atoms with E-state index in [0.717, 1.165) is 0 Å². The molecule has 0 aliphatic heterocycles. The zero-order valence-electron chi connectivity index (χ0n) is 11.8. The lowest BCUT2D eigenvalue weighted by molar-refractivity contribution is -0.123. The maximum Gasteiger partial charge on any atom is 0.139 e. The summed E-state index contributed by atoms with van der Waals surface area (Å²) in [6.07, 6.45) is -2.71. The van der Waals surface area contributed by atoms with Crippen molar-refractivity contribution in [2.75, 3.05) is 0 Å². The Morgan fingerprint density at radius 1 is 0.864 bits per heavy atom. The van der Waals surface area contributed by atoms with Gasteiger partial charge in [0.2, 0.25) is 0 Å². The molecule has 7 heteroatoms. The minimum absolute atomic E-state index is 0.187. The molecule has 0 radical (unpaired) electrons. The van der Waals surface area contributed by atoms with Gasteiger partial charge < -0.3 is 29.3 Å². The first kappa shape index (κ1) is 16.4. The van der Waals surface area contributed by atoms with Gasteiger partial charge in [-0.15, -0.1) is 0 Å². The van der Waals surface area contributed by atoms with Crippen LogP contribution in [0.25, 0.3) is 0 Å². The third-order valence-corrected chi connectivity index (χ3v) is 3.18. The van der Waals surface area contributed by atoms with Gasteiger partial charge in [0.15, 0.2) is 0 Å². The average molecular weight is 310 g/mol. The Morgan fingerprint density at radius 3 is 1.59 bits per heavy atom. The highest BCUT2D eigenvalue weighted by molar-refractivity contribution is 5.79. The van der Waals surface area contributed by atoms with Crippen molar-refractivity contribution in [3.63, 3.8) is 0 Å². The number of carbonyl (C=O) groups is 1. The summed E-state index contributed by atoms with van der Waals surface area (Å²) in [4.78, 5) is 11.9. The molecule has 0 aliphatic rings. The SMILES string of the molecule is O=C(CC(O)c1ccc(CO)o1)CC(O)c1ccc(CO)o1. The summed E-state index contributed by atoms with van der Waals surface area (Å²) in [6, 6.07) is 5.99. The van der Waals surface area contributed by atoms with Crippen LogP contribution in [-0.4, -0.2) is 26.2 Å². The Balaban J connectivity index is 1.88. The molecule has 2 heterocycles. The Bertz CT molecular complexity index is 561. The van der Waals surface area contributed by atoms with Crippen LogP contribution in [-0.2, 0) is 18.0 Å². The Kier molecular flexibility index (Phi) is 5.51. The topological polar surface area (TPSA) is 124 Å². The molecule has 7 nitrogen and oxygen atoms in total. The van der Waals surface area contributed by atoms with Crippen LogP contribution in [0.2, 0.25) is 0 Å². The van der Waals surface area contributed by atoms with Crippen molar-refractivity contribution in [3.8, 4) is 0 Å². The van der Waals surface area contributed by atoms with Crippen LogP contribution in [0, 0.1) is 0 Å². The summed E-state index contributed by atoms with van der Waals surface area (Å²) in [5, 5.41) is 37.5. The second kappa shape index (κ2) is 7.37. The molecule has 120 valence electrons. The summed E-state index contributed by atoms with van der Waals surface area (Å²) in [5.74, 6) is 0.603. The van der Waals surface area contributed by atoms with E-state index >= 15 is 0 Å². The molecule has 2 unspecified atom stereocenters. The van der Waals surface area contributed by atoms with Gasteiger partial charge in [0.25, 0.3) is 0 Å². The van der Waals surface area contributed by atoms with Crippen molar-refractivity contribution < 1.29 is 34.1 Å². The third kappa shape index (κ3) is 4.05. The van der Waals surface area contributed by atoms with Gasteiger partial charge in [0.05, 0.1) is 0 Å². The largest absolute Gasteiger partial charge is 0.461 e. The van der Waals surface area contributed by atoms with E-state index in [4.69, 9.17) is 19.0 Å². The first-order valence-electron chi connectivity index (χ1n) is 6.80. The smallest absolute Gasteiger partial charge is 0.139 e. The molecule has 22 heavy (non-hydrogen) atoms. The van der Waals surface area contributed by atoms with Gasteiger partial charge in [-0.2, -0.15) is 0 Å². The molecule has 0 saturated carbocycles. The maximum absolute atomic E-state index is 11.9. The molecule has 0 amide bonds. The van der Waals surface area contributed by atoms with Crippen LogP contribution in [0.15, 0.2) is 33.1 Å². The number of rotatable bonds is 8. The van der Waals surface area contributed by atoms with Gasteiger partial charge in [-0.25, -0.2) is 0 Å². The molecule has 2 atom stereocenters. The fourth-order valence-corrected chi connectivity index (χ4v) is 2.03. The molecule has 0 aliphatic carbocycles. The highest BCUT2D eigenvalue weighted by Gasteiger charge is 2.21. The van der Waals surface area contributed by atoms with Crippen LogP contribution in [0.4, 0.5) is 0 Å². The Morgan fingerprint density at radius 2 is 1.27 bits per heavy atom. The number of hydrogen-bond acceptors (Lipinski definition) is 7. The van der Waals surface area contributed by atoms with Gasteiger partial charge in [0.1, 0.15) is 54.2 Å². The number of hydrogen-bond donors (Lipinski definition) is 4. The lowest BCUT2D eigenvalue weighted by Gasteiger charge is -2.10. The lowest BCUT2D eigenvalue weighted by atomic mass is 10.0. The predicted octanol–water partition coefficient (Wildman–Crippen LogP) is 0.973. The van der Waals surface area contributed by atoms with Gasteiger partial charge in [-0.05, 0) is 24.3 Å². The summed E-state index contributed by atoms with van der Waals surface area (Å²) in [6.45, 7) is -0.573. The Hall–Kier alpha value is -1.93. The zero-order valence-corrected chi connectivity index (χ0v) is 11.8. The monoisotopic (exact) mass is 310 g/mol. The average Bonchev–Trinajstić information content (AvgIpc) is 3.16. The predicted molar refractivity (Wildman–Crippen MR) is 73.4 cm³/mol. The maximum atomic E-state index is 11.9. The minimum Gasteiger partial charge on any atom is -0.461 e. The van der Waals surface area contributed by atoms with Crippen molar-refractivity contribution in [2.24, 2.45) is 0 Å². The van der Waals surface area contributed by atoms with E-state index in [1.54, 1.807) is 0 Å². The van der Waals surface area contributed by atoms with Gasteiger partial charge >= 0.3 is 0 Å². The number of aliphatic hydroxyl groups excluding tert-OH is 4. The van der Waals surface area contributed by atoms with E-state index in [1.165, 1.54) is 24.3 Å². The standard InChI is InChI=1S/C15H18O7/c16-7-10-1-3-14(21-10)12(19)5-9(18)6-13(20)15-4-2-11(8-17)22-15/h1-4,12-13,16-17,19-20H,5-8H2. The molecule has 2 aromatic rings. The molecular weight excluding hydrogens is 292 g/mol. The number of ketones is 1. The third-order valence-electron chi connectivity index (χ3n) is 3.18. The Labute approximate surface area is 126 Å². The zero-order chi connectivity index (χ0) is 16.1. The lowest BCUT2D eigenvalue weighted by Crippen LogP contribution is -2.10. The number of carbonyl (C=O) groups excluding carboxylic acids is 1. The van der Waals surface area contributed by atoms with E-state index in [2.05, 4.69) is 0 Å². The number of furan rings is 2. The highest BCUT2D eigenvalue weighted by Crippen LogP contribution is 2.24. The fraction of sp³-hybridized carbons (Fsp3) is 0.400. The van der Waals surface area contributed by atoms with E-state index in [1.807, 2.05) is 0 Å². The fourth-order valence-electron chi connectivity index (χ4n) is 2.03. The molecule has 0 bridgehead atoms. The molecule has 2 aromatic heterocycles. The molecule has 0 aromatic carbocycles. The highest BCUT2D eigenvalue weighted by atomic mass is 16.4. The summed E-state index contributed by atoms with van der Waals surface area (Å²) >= 11 is 0. The van der Waals surface area contributed by atoms with Crippen molar-refractivity contribution in [1.82, 2.24) is 0 Å². The van der Waals surface area contributed by atoms with Gasteiger partial charge in [0, 0.05) is 12.8 Å². The van der Waals surface area contributed by atoms with Crippen LogP contribution in [0.3, 0.4) is 0 Å². The summed E-state index contributed by atoms with van der Waals surface area (Å²) in [5.41, 5.74) is 0. The van der Waals surface area contributed by atoms with E-state index in [9.17, 15) is 15.0 Å². The quantitative estimate of drug-likeness (QED) is 0.572. The van der Waals surface area contributed by atoms with Crippen LogP contribution in [0.1, 0.15) is 48.1 Å². The second-order valence-electron chi connectivity index (χ2n) is 4.90. The summed E-state index contributed by atoms with van der Waals surface area (Å²) in [7, 11) is 0. The van der Waals surface area contributed by atoms with E-state index in [-0.39, 0.29) is 43.4 Å². The molecule has 4 N–H and O–H groups in total. The molecule has 0 spiro atoms.